The first-order valence-electron chi connectivity index (χ1n) is 7.76. The quantitative estimate of drug-likeness (QED) is 0.775. The van der Waals surface area contributed by atoms with Gasteiger partial charge in [-0.1, -0.05) is 48.5 Å². The predicted octanol–water partition coefficient (Wildman–Crippen LogP) is 3.86. The molecule has 3 rings (SSSR count). The molecule has 0 saturated carbocycles. The molecule has 4 heteroatoms. The summed E-state index contributed by atoms with van der Waals surface area (Å²) in [5.74, 6) is -0.544. The summed E-state index contributed by atoms with van der Waals surface area (Å²) in [6, 6.07) is 18.0. The molecule has 0 aliphatic carbocycles. The van der Waals surface area contributed by atoms with Crippen LogP contribution in [-0.2, 0) is 6.42 Å². The van der Waals surface area contributed by atoms with E-state index in [0.29, 0.717) is 23.2 Å². The molecule has 1 N–H and O–H groups in total. The first-order chi connectivity index (χ1) is 11.7. The van der Waals surface area contributed by atoms with Gasteiger partial charge in [0, 0.05) is 30.1 Å². The summed E-state index contributed by atoms with van der Waals surface area (Å²) in [6.45, 7) is 0.534. The zero-order chi connectivity index (χ0) is 16.8. The van der Waals surface area contributed by atoms with Gasteiger partial charge in [-0.15, -0.1) is 0 Å². The molecular formula is C20H17FN2O. The minimum Gasteiger partial charge on any atom is -0.352 e. The number of benzene rings is 2. The highest BCUT2D eigenvalue weighted by Crippen LogP contribution is 2.22. The van der Waals surface area contributed by atoms with Crippen LogP contribution in [0, 0.1) is 5.82 Å². The molecule has 0 saturated heterocycles. The van der Waals surface area contributed by atoms with Crippen LogP contribution >= 0.6 is 0 Å². The van der Waals surface area contributed by atoms with Crippen molar-refractivity contribution in [2.75, 3.05) is 6.54 Å². The lowest BCUT2D eigenvalue weighted by Gasteiger charge is -2.07. The first-order valence-corrected chi connectivity index (χ1v) is 7.76. The van der Waals surface area contributed by atoms with E-state index in [1.54, 1.807) is 30.5 Å². The highest BCUT2D eigenvalue weighted by Gasteiger charge is 2.10. The Morgan fingerprint density at radius 2 is 1.75 bits per heavy atom. The Balaban J connectivity index is 1.67. The Labute approximate surface area is 140 Å². The second-order valence-electron chi connectivity index (χ2n) is 5.43. The van der Waals surface area contributed by atoms with Crippen LogP contribution in [0.2, 0.25) is 0 Å². The van der Waals surface area contributed by atoms with Gasteiger partial charge in [-0.05, 0) is 24.1 Å². The van der Waals surface area contributed by atoms with Crippen molar-refractivity contribution in [3.63, 3.8) is 0 Å². The van der Waals surface area contributed by atoms with Crippen LogP contribution in [0.25, 0.3) is 11.1 Å². The fraction of sp³-hybridized carbons (Fsp3) is 0.100. The first kappa shape index (κ1) is 15.9. The maximum Gasteiger partial charge on any atom is 0.252 e. The minimum absolute atomic E-state index is 0.211. The van der Waals surface area contributed by atoms with E-state index >= 15 is 0 Å². The van der Waals surface area contributed by atoms with Gasteiger partial charge in [0.2, 0.25) is 0 Å². The third-order valence-electron chi connectivity index (χ3n) is 3.73. The molecule has 0 unspecified atom stereocenters. The standard InChI is InChI=1S/C20H17FN2O/c21-19-9-5-4-8-18(19)16-12-17(14-22-13-16)20(24)23-11-10-15-6-2-1-3-7-15/h1-9,12-14H,10-11H2,(H,23,24). The molecule has 0 atom stereocenters. The molecule has 120 valence electrons. The highest BCUT2D eigenvalue weighted by molar-refractivity contribution is 5.95. The molecule has 0 aliphatic rings. The lowest BCUT2D eigenvalue weighted by molar-refractivity contribution is 0.0954. The minimum atomic E-state index is -0.332. The SMILES string of the molecule is O=C(NCCc1ccccc1)c1cncc(-c2ccccc2F)c1. The molecule has 1 heterocycles. The van der Waals surface area contributed by atoms with Gasteiger partial charge in [0.25, 0.3) is 5.91 Å². The van der Waals surface area contributed by atoms with Gasteiger partial charge in [0.15, 0.2) is 0 Å². The zero-order valence-corrected chi connectivity index (χ0v) is 13.1. The Hall–Kier alpha value is -3.01. The van der Waals surface area contributed by atoms with Crippen LogP contribution in [0.4, 0.5) is 4.39 Å². The van der Waals surface area contributed by atoms with Crippen LogP contribution < -0.4 is 5.32 Å². The Morgan fingerprint density at radius 3 is 2.54 bits per heavy atom. The monoisotopic (exact) mass is 320 g/mol. The molecule has 0 spiro atoms. The maximum absolute atomic E-state index is 13.9. The van der Waals surface area contributed by atoms with Gasteiger partial charge in [0.1, 0.15) is 5.82 Å². The summed E-state index contributed by atoms with van der Waals surface area (Å²) in [4.78, 5) is 16.3. The van der Waals surface area contributed by atoms with Crippen molar-refractivity contribution < 1.29 is 9.18 Å². The van der Waals surface area contributed by atoms with Crippen molar-refractivity contribution in [1.29, 1.82) is 0 Å². The van der Waals surface area contributed by atoms with E-state index < -0.39 is 0 Å². The molecule has 3 aromatic rings. The summed E-state index contributed by atoms with van der Waals surface area (Å²) in [5.41, 5.74) is 2.60. The van der Waals surface area contributed by atoms with Gasteiger partial charge in [-0.3, -0.25) is 9.78 Å². The lowest BCUT2D eigenvalue weighted by Crippen LogP contribution is -2.25. The Kier molecular flexibility index (Phi) is 4.96. The number of halogens is 1. The van der Waals surface area contributed by atoms with E-state index in [1.807, 2.05) is 30.3 Å². The number of aromatic nitrogens is 1. The van der Waals surface area contributed by atoms with Crippen molar-refractivity contribution >= 4 is 5.91 Å². The molecule has 3 nitrogen and oxygen atoms in total. The zero-order valence-electron chi connectivity index (χ0n) is 13.1. The van der Waals surface area contributed by atoms with Gasteiger partial charge in [0.05, 0.1) is 5.56 Å². The maximum atomic E-state index is 13.9. The van der Waals surface area contributed by atoms with Gasteiger partial charge >= 0.3 is 0 Å². The summed E-state index contributed by atoms with van der Waals surface area (Å²) < 4.78 is 13.9. The molecule has 1 aromatic heterocycles. The Morgan fingerprint density at radius 1 is 1.00 bits per heavy atom. The van der Waals surface area contributed by atoms with E-state index in [0.717, 1.165) is 12.0 Å². The number of amides is 1. The fourth-order valence-corrected chi connectivity index (χ4v) is 2.47. The third kappa shape index (κ3) is 3.84. The van der Waals surface area contributed by atoms with E-state index in [1.165, 1.54) is 12.3 Å². The number of pyridine rings is 1. The predicted molar refractivity (Wildman–Crippen MR) is 92.1 cm³/mol. The molecule has 0 fully saturated rings. The lowest BCUT2D eigenvalue weighted by atomic mass is 10.1. The number of carbonyl (C=O) groups is 1. The molecular weight excluding hydrogens is 303 g/mol. The van der Waals surface area contributed by atoms with Crippen molar-refractivity contribution in [2.45, 2.75) is 6.42 Å². The van der Waals surface area contributed by atoms with Crippen molar-refractivity contribution in [2.24, 2.45) is 0 Å². The average Bonchev–Trinajstić information content (AvgIpc) is 2.63. The van der Waals surface area contributed by atoms with Crippen LogP contribution in [-0.4, -0.2) is 17.4 Å². The van der Waals surface area contributed by atoms with Crippen LogP contribution in [0.1, 0.15) is 15.9 Å². The largest absolute Gasteiger partial charge is 0.352 e. The topological polar surface area (TPSA) is 42.0 Å². The van der Waals surface area contributed by atoms with Gasteiger partial charge in [-0.25, -0.2) is 4.39 Å². The summed E-state index contributed by atoms with van der Waals surface area (Å²) >= 11 is 0. The fourth-order valence-electron chi connectivity index (χ4n) is 2.47. The number of nitrogens with one attached hydrogen (secondary N) is 1. The Bertz CT molecular complexity index is 834. The highest BCUT2D eigenvalue weighted by atomic mass is 19.1. The number of carbonyl (C=O) groups excluding carboxylic acids is 1. The summed E-state index contributed by atoms with van der Waals surface area (Å²) in [6.07, 6.45) is 3.80. The molecule has 24 heavy (non-hydrogen) atoms. The number of hydrogen-bond donors (Lipinski definition) is 1. The summed E-state index contributed by atoms with van der Waals surface area (Å²) in [7, 11) is 0. The molecule has 0 bridgehead atoms. The van der Waals surface area contributed by atoms with Crippen molar-refractivity contribution in [1.82, 2.24) is 10.3 Å². The molecule has 1 amide bonds. The normalized spacial score (nSPS) is 10.4. The molecule has 0 radical (unpaired) electrons. The number of hydrogen-bond acceptors (Lipinski definition) is 2. The van der Waals surface area contributed by atoms with E-state index in [4.69, 9.17) is 0 Å². The molecule has 0 aliphatic heterocycles. The molecule has 2 aromatic carbocycles. The second-order valence-corrected chi connectivity index (χ2v) is 5.43. The van der Waals surface area contributed by atoms with Gasteiger partial charge in [-0.2, -0.15) is 0 Å². The van der Waals surface area contributed by atoms with E-state index in [9.17, 15) is 9.18 Å². The number of rotatable bonds is 5. The van der Waals surface area contributed by atoms with E-state index in [-0.39, 0.29) is 11.7 Å². The van der Waals surface area contributed by atoms with Crippen molar-refractivity contribution in [3.8, 4) is 11.1 Å². The van der Waals surface area contributed by atoms with Gasteiger partial charge < -0.3 is 5.32 Å². The third-order valence-corrected chi connectivity index (χ3v) is 3.73. The van der Waals surface area contributed by atoms with Crippen LogP contribution in [0.5, 0.6) is 0 Å². The average molecular weight is 320 g/mol. The van der Waals surface area contributed by atoms with Crippen LogP contribution in [0.15, 0.2) is 73.1 Å². The smallest absolute Gasteiger partial charge is 0.252 e. The summed E-state index contributed by atoms with van der Waals surface area (Å²) in [5, 5.41) is 2.87. The van der Waals surface area contributed by atoms with E-state index in [2.05, 4.69) is 10.3 Å². The van der Waals surface area contributed by atoms with Crippen LogP contribution in [0.3, 0.4) is 0 Å². The second kappa shape index (κ2) is 7.51. The van der Waals surface area contributed by atoms with Crippen molar-refractivity contribution in [3.05, 3.63) is 90.0 Å². The number of nitrogens with zero attached hydrogens (tertiary/aromatic N) is 1.